The van der Waals surface area contributed by atoms with Gasteiger partial charge in [-0.25, -0.2) is 9.07 Å². The van der Waals surface area contributed by atoms with E-state index in [1.54, 1.807) is 30.3 Å². The molecule has 39 heavy (non-hydrogen) atoms. The molecule has 4 aromatic rings. The number of anilines is 1. The molecule has 2 amide bonds. The molecule has 0 spiro atoms. The van der Waals surface area contributed by atoms with Crippen molar-refractivity contribution in [1.29, 1.82) is 0 Å². The Morgan fingerprint density at radius 2 is 1.77 bits per heavy atom. The van der Waals surface area contributed by atoms with Crippen LogP contribution >= 0.6 is 0 Å². The molecule has 1 unspecified atom stereocenters. The van der Waals surface area contributed by atoms with Gasteiger partial charge in [0.25, 0.3) is 0 Å². The summed E-state index contributed by atoms with van der Waals surface area (Å²) in [6.45, 7) is -0.0927. The highest BCUT2D eigenvalue weighted by atomic mass is 19.1. The van der Waals surface area contributed by atoms with Gasteiger partial charge in [0.15, 0.2) is 11.5 Å². The van der Waals surface area contributed by atoms with E-state index in [1.165, 1.54) is 21.7 Å². The van der Waals surface area contributed by atoms with E-state index in [0.29, 0.717) is 33.8 Å². The number of amides is 2. The number of benzene rings is 3. The topological polar surface area (TPSA) is 98.6 Å². The third-order valence-electron chi connectivity index (χ3n) is 7.25. The number of ether oxygens (including phenoxy) is 2. The summed E-state index contributed by atoms with van der Waals surface area (Å²) < 4.78 is 26.5. The van der Waals surface area contributed by atoms with Crippen molar-refractivity contribution in [2.75, 3.05) is 11.7 Å². The number of nitrogens with one attached hydrogen (secondary N) is 1. The van der Waals surface area contributed by atoms with Crippen molar-refractivity contribution in [3.05, 3.63) is 78.1 Å². The van der Waals surface area contributed by atoms with Crippen molar-refractivity contribution < 1.29 is 23.5 Å². The Bertz CT molecular complexity index is 1500. The summed E-state index contributed by atoms with van der Waals surface area (Å²) >= 11 is 0. The number of fused-ring (bicyclic) bond motifs is 2. The Morgan fingerprint density at radius 1 is 1.00 bits per heavy atom. The highest BCUT2D eigenvalue weighted by Crippen LogP contribution is 2.38. The van der Waals surface area contributed by atoms with Crippen molar-refractivity contribution in [2.45, 2.75) is 50.7 Å². The molecule has 1 N–H and O–H groups in total. The van der Waals surface area contributed by atoms with Crippen molar-refractivity contribution in [1.82, 2.24) is 20.3 Å². The number of para-hydroxylation sites is 1. The van der Waals surface area contributed by atoms with Gasteiger partial charge in [0.05, 0.1) is 5.52 Å². The Hall–Kier alpha value is -4.47. The zero-order chi connectivity index (χ0) is 26.8. The second-order valence-electron chi connectivity index (χ2n) is 9.83. The molecule has 1 saturated carbocycles. The summed E-state index contributed by atoms with van der Waals surface area (Å²) in [5.74, 6) is -0.124. The quantitative estimate of drug-likeness (QED) is 0.378. The molecule has 0 radical (unpaired) electrons. The number of hydrogen-bond donors (Lipinski definition) is 1. The SMILES string of the molecule is O=C(NC1CCCCC1)C(c1ccc(F)cc1)N(C(=O)Cn1nnc2ccccc21)c1ccc2c(c1)OCO2. The van der Waals surface area contributed by atoms with Crippen molar-refractivity contribution >= 4 is 28.5 Å². The molecular weight excluding hydrogens is 501 g/mol. The van der Waals surface area contributed by atoms with Gasteiger partial charge in [-0.05, 0) is 54.8 Å². The molecule has 1 atom stereocenters. The van der Waals surface area contributed by atoms with Crippen LogP contribution in [0.4, 0.5) is 10.1 Å². The highest BCUT2D eigenvalue weighted by molar-refractivity contribution is 6.02. The van der Waals surface area contributed by atoms with Crippen LogP contribution in [0.2, 0.25) is 0 Å². The fourth-order valence-electron chi connectivity index (χ4n) is 5.30. The largest absolute Gasteiger partial charge is 0.454 e. The van der Waals surface area contributed by atoms with Gasteiger partial charge in [-0.15, -0.1) is 5.10 Å². The van der Waals surface area contributed by atoms with Gasteiger partial charge in [0.2, 0.25) is 18.6 Å². The molecular formula is C29H28FN5O4. The molecule has 1 fully saturated rings. The Labute approximate surface area is 224 Å². The predicted octanol–water partition coefficient (Wildman–Crippen LogP) is 4.52. The van der Waals surface area contributed by atoms with E-state index in [4.69, 9.17) is 9.47 Å². The molecule has 1 aliphatic carbocycles. The summed E-state index contributed by atoms with van der Waals surface area (Å²) in [7, 11) is 0. The van der Waals surface area contributed by atoms with Crippen LogP contribution in [0.3, 0.4) is 0 Å². The summed E-state index contributed by atoms with van der Waals surface area (Å²) in [5, 5.41) is 11.5. The van der Waals surface area contributed by atoms with Gasteiger partial charge < -0.3 is 14.8 Å². The average molecular weight is 530 g/mol. The monoisotopic (exact) mass is 529 g/mol. The summed E-state index contributed by atoms with van der Waals surface area (Å²) in [5.41, 5.74) is 2.28. The lowest BCUT2D eigenvalue weighted by Crippen LogP contribution is -2.48. The van der Waals surface area contributed by atoms with Crippen molar-refractivity contribution in [3.8, 4) is 11.5 Å². The summed E-state index contributed by atoms with van der Waals surface area (Å²) in [6.07, 6.45) is 4.98. The summed E-state index contributed by atoms with van der Waals surface area (Å²) in [6, 6.07) is 17.1. The van der Waals surface area contributed by atoms with Crippen molar-refractivity contribution in [2.24, 2.45) is 0 Å². The lowest BCUT2D eigenvalue weighted by molar-refractivity contribution is -0.127. The number of carbonyl (C=O) groups excluding carboxylic acids is 2. The van der Waals surface area contributed by atoms with Crippen LogP contribution in [0, 0.1) is 5.82 Å². The number of nitrogens with zero attached hydrogens (tertiary/aromatic N) is 4. The lowest BCUT2D eigenvalue weighted by atomic mass is 9.94. The molecule has 3 aromatic carbocycles. The fraction of sp³-hybridized carbons (Fsp3) is 0.310. The van der Waals surface area contributed by atoms with E-state index in [9.17, 15) is 14.0 Å². The minimum absolute atomic E-state index is 0.0159. The maximum atomic E-state index is 14.1. The molecule has 2 aliphatic rings. The van der Waals surface area contributed by atoms with Gasteiger partial charge >= 0.3 is 0 Å². The maximum Gasteiger partial charge on any atom is 0.249 e. The third kappa shape index (κ3) is 5.14. The zero-order valence-corrected chi connectivity index (χ0v) is 21.3. The molecule has 0 bridgehead atoms. The number of carbonyl (C=O) groups is 2. The molecule has 6 rings (SSSR count). The van der Waals surface area contributed by atoms with Gasteiger partial charge in [-0.3, -0.25) is 14.5 Å². The number of aromatic nitrogens is 3. The second-order valence-corrected chi connectivity index (χ2v) is 9.83. The van der Waals surface area contributed by atoms with Crippen LogP contribution in [0.15, 0.2) is 66.7 Å². The van der Waals surface area contributed by atoms with Gasteiger partial charge in [-0.1, -0.05) is 48.7 Å². The van der Waals surface area contributed by atoms with Crippen LogP contribution in [0.25, 0.3) is 11.0 Å². The van der Waals surface area contributed by atoms with Gasteiger partial charge in [0, 0.05) is 17.8 Å². The van der Waals surface area contributed by atoms with E-state index in [-0.39, 0.29) is 25.3 Å². The Balaban J connectivity index is 1.42. The van der Waals surface area contributed by atoms with Crippen molar-refractivity contribution in [3.63, 3.8) is 0 Å². The molecule has 1 aliphatic heterocycles. The zero-order valence-electron chi connectivity index (χ0n) is 21.3. The molecule has 0 saturated heterocycles. The van der Waals surface area contributed by atoms with E-state index in [0.717, 1.165) is 32.1 Å². The number of halogens is 1. The molecule has 1 aromatic heterocycles. The first kappa shape index (κ1) is 24.8. The van der Waals surface area contributed by atoms with E-state index in [2.05, 4.69) is 15.6 Å². The lowest BCUT2D eigenvalue weighted by Gasteiger charge is -2.33. The van der Waals surface area contributed by atoms with E-state index >= 15 is 0 Å². The first-order chi connectivity index (χ1) is 19.1. The van der Waals surface area contributed by atoms with Crippen LogP contribution in [-0.2, 0) is 16.1 Å². The minimum Gasteiger partial charge on any atom is -0.454 e. The molecule has 10 heteroatoms. The van der Waals surface area contributed by atoms with Crippen LogP contribution < -0.4 is 19.7 Å². The maximum absolute atomic E-state index is 14.1. The standard InChI is InChI=1S/C29H28FN5O4/c30-20-12-10-19(11-13-20)28(29(37)31-21-6-2-1-3-7-21)35(22-14-15-25-26(16-22)39-18-38-25)27(36)17-34-24-9-5-4-8-23(24)32-33-34/h4-5,8-16,21,28H,1-3,6-7,17-18H2,(H,31,37). The third-order valence-corrected chi connectivity index (χ3v) is 7.25. The minimum atomic E-state index is -1.06. The highest BCUT2D eigenvalue weighted by Gasteiger charge is 2.35. The number of hydrogen-bond acceptors (Lipinski definition) is 6. The molecule has 9 nitrogen and oxygen atoms in total. The first-order valence-corrected chi connectivity index (χ1v) is 13.1. The van der Waals surface area contributed by atoms with Crippen LogP contribution in [0.1, 0.15) is 43.7 Å². The van der Waals surface area contributed by atoms with Crippen LogP contribution in [-0.4, -0.2) is 39.6 Å². The molecule has 200 valence electrons. The van der Waals surface area contributed by atoms with Gasteiger partial charge in [0.1, 0.15) is 23.9 Å². The fourth-order valence-corrected chi connectivity index (χ4v) is 5.30. The normalized spacial score (nSPS) is 15.7. The van der Waals surface area contributed by atoms with E-state index < -0.39 is 17.8 Å². The smallest absolute Gasteiger partial charge is 0.249 e. The summed E-state index contributed by atoms with van der Waals surface area (Å²) in [4.78, 5) is 29.6. The van der Waals surface area contributed by atoms with E-state index in [1.807, 2.05) is 24.3 Å². The predicted molar refractivity (Wildman–Crippen MR) is 142 cm³/mol. The second kappa shape index (κ2) is 10.7. The number of rotatable bonds is 7. The molecule has 2 heterocycles. The first-order valence-electron chi connectivity index (χ1n) is 13.1. The average Bonchev–Trinajstić information content (AvgIpc) is 3.59. The van der Waals surface area contributed by atoms with Crippen LogP contribution in [0.5, 0.6) is 11.5 Å². The van der Waals surface area contributed by atoms with Gasteiger partial charge in [-0.2, -0.15) is 0 Å². The Morgan fingerprint density at radius 3 is 2.59 bits per heavy atom. The Kier molecular flexibility index (Phi) is 6.83.